The van der Waals surface area contributed by atoms with Crippen LogP contribution in [0.3, 0.4) is 0 Å². The van der Waals surface area contributed by atoms with E-state index in [4.69, 9.17) is 0 Å². The molecule has 0 aromatic carbocycles. The van der Waals surface area contributed by atoms with Crippen molar-refractivity contribution in [3.63, 3.8) is 0 Å². The molecule has 7 heteroatoms. The van der Waals surface area contributed by atoms with E-state index in [2.05, 4.69) is 11.9 Å². The van der Waals surface area contributed by atoms with E-state index in [1.165, 1.54) is 0 Å². The lowest BCUT2D eigenvalue weighted by Gasteiger charge is -2.26. The molecule has 0 radical (unpaired) electrons. The van der Waals surface area contributed by atoms with E-state index in [9.17, 15) is 13.2 Å². The van der Waals surface area contributed by atoms with Crippen molar-refractivity contribution in [3.8, 4) is 0 Å². The predicted molar refractivity (Wildman–Crippen MR) is 82.4 cm³/mol. The lowest BCUT2D eigenvalue weighted by molar-refractivity contribution is 0.0770. The van der Waals surface area contributed by atoms with Crippen molar-refractivity contribution in [2.45, 2.75) is 13.3 Å². The van der Waals surface area contributed by atoms with E-state index in [-0.39, 0.29) is 30.5 Å². The minimum atomic E-state index is -2.97. The third kappa shape index (κ3) is 3.93. The highest BCUT2D eigenvalue weighted by molar-refractivity contribution is 7.91. The van der Waals surface area contributed by atoms with Crippen molar-refractivity contribution < 1.29 is 13.2 Å². The smallest absolute Gasteiger partial charge is 0.255 e. The van der Waals surface area contributed by atoms with Crippen molar-refractivity contribution in [3.05, 3.63) is 23.9 Å². The average Bonchev–Trinajstić information content (AvgIpc) is 2.47. The van der Waals surface area contributed by atoms with Crippen molar-refractivity contribution in [1.29, 1.82) is 0 Å². The summed E-state index contributed by atoms with van der Waals surface area (Å²) in [7, 11) is -1.01. The molecule has 1 aliphatic heterocycles. The van der Waals surface area contributed by atoms with Crippen LogP contribution in [0.25, 0.3) is 0 Å². The fraction of sp³-hybridized carbons (Fsp3) is 0.571. The second-order valence-electron chi connectivity index (χ2n) is 5.27. The topological polar surface area (TPSA) is 70.6 Å². The van der Waals surface area contributed by atoms with E-state index in [0.717, 1.165) is 18.8 Å². The molecule has 1 saturated heterocycles. The van der Waals surface area contributed by atoms with Crippen molar-refractivity contribution in [2.75, 3.05) is 43.1 Å². The van der Waals surface area contributed by atoms with Crippen LogP contribution in [0.4, 0.5) is 5.82 Å². The highest BCUT2D eigenvalue weighted by Gasteiger charge is 2.25. The van der Waals surface area contributed by atoms with Crippen LogP contribution in [0.2, 0.25) is 0 Å². The number of nitrogens with zero attached hydrogens (tertiary/aromatic N) is 3. The first-order valence-corrected chi connectivity index (χ1v) is 8.92. The lowest BCUT2D eigenvalue weighted by atomic mass is 10.2. The highest BCUT2D eigenvalue weighted by atomic mass is 32.2. The van der Waals surface area contributed by atoms with Gasteiger partial charge in [0.15, 0.2) is 9.84 Å². The van der Waals surface area contributed by atoms with E-state index >= 15 is 0 Å². The maximum atomic E-state index is 12.3. The Morgan fingerprint density at radius 3 is 2.52 bits per heavy atom. The highest BCUT2D eigenvalue weighted by Crippen LogP contribution is 2.13. The SMILES string of the molecule is CCCN(C)c1ccc(C(=O)N2CCS(=O)(=O)CC2)cn1. The van der Waals surface area contributed by atoms with E-state index in [1.54, 1.807) is 17.2 Å². The summed E-state index contributed by atoms with van der Waals surface area (Å²) in [5.41, 5.74) is 0.503. The summed E-state index contributed by atoms with van der Waals surface area (Å²) in [6.07, 6.45) is 2.59. The van der Waals surface area contributed by atoms with Crippen LogP contribution >= 0.6 is 0 Å². The van der Waals surface area contributed by atoms with Crippen LogP contribution in [0, 0.1) is 0 Å². The quantitative estimate of drug-likeness (QED) is 0.822. The summed E-state index contributed by atoms with van der Waals surface area (Å²) in [6.45, 7) is 3.53. The summed E-state index contributed by atoms with van der Waals surface area (Å²) >= 11 is 0. The number of amides is 1. The van der Waals surface area contributed by atoms with Gasteiger partial charge in [0.05, 0.1) is 17.1 Å². The average molecular weight is 311 g/mol. The Morgan fingerprint density at radius 1 is 1.33 bits per heavy atom. The largest absolute Gasteiger partial charge is 0.360 e. The molecule has 0 unspecified atom stereocenters. The molecule has 2 rings (SSSR count). The van der Waals surface area contributed by atoms with Gasteiger partial charge in [-0.3, -0.25) is 4.79 Å². The van der Waals surface area contributed by atoms with Crippen molar-refractivity contribution in [1.82, 2.24) is 9.88 Å². The predicted octanol–water partition coefficient (Wildman–Crippen LogP) is 0.798. The Hall–Kier alpha value is -1.63. The number of sulfone groups is 1. The van der Waals surface area contributed by atoms with Crippen LogP contribution in [-0.4, -0.2) is 62.4 Å². The molecule has 1 aromatic rings. The molecule has 116 valence electrons. The molecule has 1 fully saturated rings. The third-order valence-electron chi connectivity index (χ3n) is 3.58. The molecule has 0 bridgehead atoms. The number of hydrogen-bond donors (Lipinski definition) is 0. The Bertz CT molecular complexity index is 584. The van der Waals surface area contributed by atoms with Crippen LogP contribution < -0.4 is 4.90 Å². The normalized spacial score (nSPS) is 17.5. The summed E-state index contributed by atoms with van der Waals surface area (Å²) in [4.78, 5) is 20.2. The molecule has 1 amide bonds. The fourth-order valence-corrected chi connectivity index (χ4v) is 3.49. The summed E-state index contributed by atoms with van der Waals surface area (Å²) in [5.74, 6) is 0.768. The third-order valence-corrected chi connectivity index (χ3v) is 5.19. The molecule has 0 atom stereocenters. The van der Waals surface area contributed by atoms with Crippen LogP contribution in [-0.2, 0) is 9.84 Å². The molecule has 2 heterocycles. The van der Waals surface area contributed by atoms with Gasteiger partial charge in [-0.15, -0.1) is 0 Å². The molecule has 0 aliphatic carbocycles. The van der Waals surface area contributed by atoms with Gasteiger partial charge in [-0.25, -0.2) is 13.4 Å². The van der Waals surface area contributed by atoms with Gasteiger partial charge in [0.2, 0.25) is 0 Å². The first kappa shape index (κ1) is 15.8. The zero-order valence-electron chi connectivity index (χ0n) is 12.4. The number of carbonyl (C=O) groups is 1. The Morgan fingerprint density at radius 2 is 2.00 bits per heavy atom. The zero-order valence-corrected chi connectivity index (χ0v) is 13.3. The zero-order chi connectivity index (χ0) is 15.5. The standard InChI is InChI=1S/C14H21N3O3S/c1-3-6-16(2)13-5-4-12(11-15-13)14(18)17-7-9-21(19,20)10-8-17/h4-5,11H,3,6-10H2,1-2H3. The van der Waals surface area contributed by atoms with Crippen molar-refractivity contribution >= 4 is 21.6 Å². The minimum Gasteiger partial charge on any atom is -0.360 e. The summed E-state index contributed by atoms with van der Waals surface area (Å²) < 4.78 is 22.8. The first-order chi connectivity index (χ1) is 9.93. The summed E-state index contributed by atoms with van der Waals surface area (Å²) in [6, 6.07) is 3.57. The Balaban J connectivity index is 2.03. The summed E-state index contributed by atoms with van der Waals surface area (Å²) in [5, 5.41) is 0. The molecule has 1 aliphatic rings. The monoisotopic (exact) mass is 311 g/mol. The number of anilines is 1. The number of rotatable bonds is 4. The first-order valence-electron chi connectivity index (χ1n) is 7.10. The second kappa shape index (κ2) is 6.43. The van der Waals surface area contributed by atoms with Gasteiger partial charge in [0.25, 0.3) is 5.91 Å². The van der Waals surface area contributed by atoms with Gasteiger partial charge in [0.1, 0.15) is 5.82 Å². The van der Waals surface area contributed by atoms with E-state index in [0.29, 0.717) is 5.56 Å². The molecular formula is C14H21N3O3S. The van der Waals surface area contributed by atoms with Crippen LogP contribution in [0.15, 0.2) is 18.3 Å². The molecule has 0 saturated carbocycles. The molecule has 1 aromatic heterocycles. The van der Waals surface area contributed by atoms with Gasteiger partial charge >= 0.3 is 0 Å². The second-order valence-corrected chi connectivity index (χ2v) is 7.57. The van der Waals surface area contributed by atoms with Gasteiger partial charge in [-0.2, -0.15) is 0 Å². The van der Waals surface area contributed by atoms with Gasteiger partial charge in [0, 0.05) is 32.9 Å². The Labute approximate surface area is 125 Å². The van der Waals surface area contributed by atoms with Gasteiger partial charge < -0.3 is 9.80 Å². The molecule has 0 N–H and O–H groups in total. The number of hydrogen-bond acceptors (Lipinski definition) is 5. The number of pyridine rings is 1. The van der Waals surface area contributed by atoms with E-state index < -0.39 is 9.84 Å². The number of carbonyl (C=O) groups excluding carboxylic acids is 1. The molecule has 6 nitrogen and oxygen atoms in total. The minimum absolute atomic E-state index is 0.0451. The van der Waals surface area contributed by atoms with Crippen molar-refractivity contribution in [2.24, 2.45) is 0 Å². The van der Waals surface area contributed by atoms with E-state index in [1.807, 2.05) is 18.0 Å². The molecule has 21 heavy (non-hydrogen) atoms. The van der Waals surface area contributed by atoms with Crippen LogP contribution in [0.1, 0.15) is 23.7 Å². The number of aromatic nitrogens is 1. The van der Waals surface area contributed by atoms with Gasteiger partial charge in [-0.05, 0) is 18.6 Å². The lowest BCUT2D eigenvalue weighted by Crippen LogP contribution is -2.43. The Kier molecular flexibility index (Phi) is 4.82. The molecule has 0 spiro atoms. The van der Waals surface area contributed by atoms with Gasteiger partial charge in [-0.1, -0.05) is 6.92 Å². The maximum absolute atomic E-state index is 12.3. The molecular weight excluding hydrogens is 290 g/mol. The van der Waals surface area contributed by atoms with Crippen LogP contribution in [0.5, 0.6) is 0 Å². The fourth-order valence-electron chi connectivity index (χ4n) is 2.29. The maximum Gasteiger partial charge on any atom is 0.255 e.